The third-order valence-electron chi connectivity index (χ3n) is 6.04. The number of carbonyl (C=O) groups is 1. The van der Waals surface area contributed by atoms with E-state index in [-0.39, 0.29) is 12.4 Å². The number of alkyl halides is 3. The first-order chi connectivity index (χ1) is 16.4. The lowest BCUT2D eigenvalue weighted by Gasteiger charge is -2.23. The van der Waals surface area contributed by atoms with Gasteiger partial charge in [-0.25, -0.2) is 4.79 Å². The first-order valence-electron chi connectivity index (χ1n) is 11.2. The van der Waals surface area contributed by atoms with Crippen molar-refractivity contribution in [1.29, 1.82) is 0 Å². The highest BCUT2D eigenvalue weighted by atomic mass is 19.4. The van der Waals surface area contributed by atoms with Crippen molar-refractivity contribution < 1.29 is 27.4 Å². The summed E-state index contributed by atoms with van der Waals surface area (Å²) in [5, 5.41) is 6.51. The van der Waals surface area contributed by atoms with Gasteiger partial charge in [0.1, 0.15) is 12.4 Å². The Hall–Kier alpha value is -3.10. The lowest BCUT2D eigenvalue weighted by molar-refractivity contribution is -0.139. The van der Waals surface area contributed by atoms with E-state index in [9.17, 15) is 18.0 Å². The average molecular weight is 473 g/mol. The van der Waals surface area contributed by atoms with Crippen molar-refractivity contribution >= 4 is 17.1 Å². The maximum atomic E-state index is 13.5. The highest BCUT2D eigenvalue weighted by molar-refractivity contribution is 5.97. The van der Waals surface area contributed by atoms with E-state index in [0.29, 0.717) is 18.7 Å². The van der Waals surface area contributed by atoms with Gasteiger partial charge in [0, 0.05) is 13.1 Å². The number of para-hydroxylation sites is 1. The molecule has 4 rings (SSSR count). The molecule has 0 amide bonds. The monoisotopic (exact) mass is 472 g/mol. The third-order valence-corrected chi connectivity index (χ3v) is 6.04. The van der Waals surface area contributed by atoms with Crippen LogP contribution in [0.3, 0.4) is 0 Å². The second-order valence-electron chi connectivity index (χ2n) is 8.20. The molecule has 0 saturated heterocycles. The standard InChI is InChI=1S/C26H27F3N2O3/c1-33-25(32)22-15-20(17-6-10-30-11-7-17)19(14-21(22)18-8-12-31-13-9-18)16-34-24-5-3-2-4-23(24)26(27,28)29/h2-6,8,14-15,30-31H,7,9-13,16H2,1H3. The lowest BCUT2D eigenvalue weighted by atomic mass is 9.87. The van der Waals surface area contributed by atoms with Crippen molar-refractivity contribution in [2.75, 3.05) is 33.3 Å². The topological polar surface area (TPSA) is 59.6 Å². The number of halogens is 3. The molecule has 180 valence electrons. The summed E-state index contributed by atoms with van der Waals surface area (Å²) in [5.74, 6) is -0.667. The van der Waals surface area contributed by atoms with Gasteiger partial charge < -0.3 is 20.1 Å². The quantitative estimate of drug-likeness (QED) is 0.590. The van der Waals surface area contributed by atoms with Crippen molar-refractivity contribution in [2.45, 2.75) is 25.6 Å². The molecule has 0 atom stereocenters. The maximum absolute atomic E-state index is 13.5. The van der Waals surface area contributed by atoms with E-state index in [1.165, 1.54) is 25.3 Å². The largest absolute Gasteiger partial charge is 0.488 e. The van der Waals surface area contributed by atoms with Crippen molar-refractivity contribution in [1.82, 2.24) is 10.6 Å². The highest BCUT2D eigenvalue weighted by Gasteiger charge is 2.34. The number of nitrogens with one attached hydrogen (secondary N) is 2. The number of methoxy groups -OCH3 is 1. The van der Waals surface area contributed by atoms with Gasteiger partial charge in [0.25, 0.3) is 0 Å². The Kier molecular flexibility index (Phi) is 7.38. The van der Waals surface area contributed by atoms with Crippen LogP contribution in [0.15, 0.2) is 48.6 Å². The molecule has 2 N–H and O–H groups in total. The average Bonchev–Trinajstić information content (AvgIpc) is 2.87. The third kappa shape index (κ3) is 5.34. The first kappa shape index (κ1) is 24.0. The van der Waals surface area contributed by atoms with Gasteiger partial charge in [0.15, 0.2) is 0 Å². The van der Waals surface area contributed by atoms with E-state index >= 15 is 0 Å². The summed E-state index contributed by atoms with van der Waals surface area (Å²) >= 11 is 0. The molecule has 0 aliphatic carbocycles. The normalized spacial score (nSPS) is 16.5. The minimum atomic E-state index is -4.52. The molecule has 2 heterocycles. The zero-order chi connectivity index (χ0) is 24.1. The molecule has 2 aromatic rings. The summed E-state index contributed by atoms with van der Waals surface area (Å²) in [6.07, 6.45) is 1.01. The number of ether oxygens (including phenoxy) is 2. The molecule has 0 aromatic heterocycles. The van der Waals surface area contributed by atoms with Crippen LogP contribution in [0.2, 0.25) is 0 Å². The Morgan fingerprint density at radius 1 is 0.971 bits per heavy atom. The van der Waals surface area contributed by atoms with Crippen LogP contribution in [0.1, 0.15) is 45.5 Å². The van der Waals surface area contributed by atoms with Gasteiger partial charge in [0.2, 0.25) is 0 Å². The minimum absolute atomic E-state index is 0.0623. The number of hydrogen-bond donors (Lipinski definition) is 2. The summed E-state index contributed by atoms with van der Waals surface area (Å²) in [4.78, 5) is 12.7. The van der Waals surface area contributed by atoms with Gasteiger partial charge >= 0.3 is 12.1 Å². The Balaban J connectivity index is 1.79. The molecule has 0 fully saturated rings. The second-order valence-corrected chi connectivity index (χ2v) is 8.20. The molecule has 0 radical (unpaired) electrons. The van der Waals surface area contributed by atoms with E-state index in [1.54, 1.807) is 6.07 Å². The van der Waals surface area contributed by atoms with Crippen molar-refractivity contribution in [3.8, 4) is 5.75 Å². The van der Waals surface area contributed by atoms with Crippen LogP contribution in [0, 0.1) is 0 Å². The van der Waals surface area contributed by atoms with Crippen molar-refractivity contribution in [2.24, 2.45) is 0 Å². The summed E-state index contributed by atoms with van der Waals surface area (Å²) in [7, 11) is 1.34. The Bertz CT molecular complexity index is 1120. The fraction of sp³-hybridized carbons (Fsp3) is 0.346. The molecule has 2 aromatic carbocycles. The Morgan fingerprint density at radius 3 is 2.21 bits per heavy atom. The van der Waals surface area contributed by atoms with Crippen molar-refractivity contribution in [3.05, 3.63) is 76.4 Å². The maximum Gasteiger partial charge on any atom is 0.419 e. The van der Waals surface area contributed by atoms with Crippen LogP contribution in [-0.2, 0) is 17.5 Å². The smallest absolute Gasteiger partial charge is 0.419 e. The zero-order valence-electron chi connectivity index (χ0n) is 18.9. The number of benzene rings is 2. The number of carbonyl (C=O) groups excluding carboxylic acids is 1. The molecule has 0 bridgehead atoms. The van der Waals surface area contributed by atoms with E-state index in [4.69, 9.17) is 9.47 Å². The summed E-state index contributed by atoms with van der Waals surface area (Å²) in [6.45, 7) is 2.84. The first-order valence-corrected chi connectivity index (χ1v) is 11.2. The van der Waals surface area contributed by atoms with Gasteiger partial charge in [-0.1, -0.05) is 24.3 Å². The molecule has 2 aliphatic rings. The van der Waals surface area contributed by atoms with Crippen LogP contribution < -0.4 is 15.4 Å². The number of rotatable bonds is 6. The predicted molar refractivity (Wildman–Crippen MR) is 124 cm³/mol. The highest BCUT2D eigenvalue weighted by Crippen LogP contribution is 2.37. The summed E-state index contributed by atoms with van der Waals surface area (Å²) in [5.41, 5.74) is 3.92. The van der Waals surface area contributed by atoms with Gasteiger partial charge in [-0.05, 0) is 78.0 Å². The predicted octanol–water partition coefficient (Wildman–Crippen LogP) is 4.82. The molecule has 34 heavy (non-hydrogen) atoms. The molecular weight excluding hydrogens is 445 g/mol. The fourth-order valence-electron chi connectivity index (χ4n) is 4.32. The fourth-order valence-corrected chi connectivity index (χ4v) is 4.32. The summed E-state index contributed by atoms with van der Waals surface area (Å²) < 4.78 is 51.2. The molecule has 5 nitrogen and oxygen atoms in total. The minimum Gasteiger partial charge on any atom is -0.488 e. The molecule has 0 unspecified atom stereocenters. The van der Waals surface area contributed by atoms with E-state index in [0.717, 1.165) is 59.8 Å². The van der Waals surface area contributed by atoms with Crippen LogP contribution in [-0.4, -0.2) is 39.3 Å². The molecule has 8 heteroatoms. The molecular formula is C26H27F3N2O3. The summed E-state index contributed by atoms with van der Waals surface area (Å²) in [6, 6.07) is 8.87. The lowest BCUT2D eigenvalue weighted by Crippen LogP contribution is -2.22. The SMILES string of the molecule is COC(=O)c1cc(C2=CCNCC2)c(COc2ccccc2C(F)(F)F)cc1C1=CCNCC1. The Morgan fingerprint density at radius 2 is 1.62 bits per heavy atom. The van der Waals surface area contributed by atoms with Gasteiger partial charge in [-0.2, -0.15) is 13.2 Å². The van der Waals surface area contributed by atoms with Crippen LogP contribution in [0.5, 0.6) is 5.75 Å². The van der Waals surface area contributed by atoms with Crippen LogP contribution in [0.4, 0.5) is 13.2 Å². The van der Waals surface area contributed by atoms with Crippen LogP contribution in [0.25, 0.3) is 11.1 Å². The van der Waals surface area contributed by atoms with E-state index in [1.807, 2.05) is 18.2 Å². The number of esters is 1. The molecule has 2 aliphatic heterocycles. The van der Waals surface area contributed by atoms with Gasteiger partial charge in [-0.3, -0.25) is 0 Å². The Labute approximate surface area is 196 Å². The van der Waals surface area contributed by atoms with Crippen LogP contribution >= 0.6 is 0 Å². The van der Waals surface area contributed by atoms with Gasteiger partial charge in [0.05, 0.1) is 18.2 Å². The number of hydrogen-bond acceptors (Lipinski definition) is 5. The van der Waals surface area contributed by atoms with Gasteiger partial charge in [-0.15, -0.1) is 0 Å². The zero-order valence-corrected chi connectivity index (χ0v) is 18.9. The van der Waals surface area contributed by atoms with E-state index in [2.05, 4.69) is 10.6 Å². The molecule has 0 saturated carbocycles. The molecule has 0 spiro atoms. The van der Waals surface area contributed by atoms with E-state index < -0.39 is 17.7 Å². The second kappa shape index (κ2) is 10.4. The van der Waals surface area contributed by atoms with Crippen molar-refractivity contribution in [3.63, 3.8) is 0 Å².